The number of hydrogen-bond donors (Lipinski definition) is 0. The van der Waals surface area contributed by atoms with Gasteiger partial charge in [0.15, 0.2) is 17.5 Å². The van der Waals surface area contributed by atoms with Crippen molar-refractivity contribution in [2.45, 2.75) is 13.3 Å². The molecule has 22 heavy (non-hydrogen) atoms. The van der Waals surface area contributed by atoms with Gasteiger partial charge in [0.25, 0.3) is 5.91 Å². The molecule has 0 aliphatic heterocycles. The molecule has 0 bridgehead atoms. The maximum absolute atomic E-state index is 13.7. The average molecular weight is 315 g/mol. The molecule has 0 radical (unpaired) electrons. The van der Waals surface area contributed by atoms with Gasteiger partial charge in [-0.05, 0) is 19.1 Å². The van der Waals surface area contributed by atoms with E-state index in [1.807, 2.05) is 0 Å². The number of halogens is 3. The smallest absolute Gasteiger partial charge is 0.307 e. The molecule has 1 aromatic rings. The largest absolute Gasteiger partial charge is 0.466 e. The van der Waals surface area contributed by atoms with Gasteiger partial charge in [-0.1, -0.05) is 6.08 Å². The summed E-state index contributed by atoms with van der Waals surface area (Å²) in [4.78, 5) is 24.6. The molecule has 7 heteroatoms. The van der Waals surface area contributed by atoms with Gasteiger partial charge < -0.3 is 9.64 Å². The van der Waals surface area contributed by atoms with E-state index in [1.54, 1.807) is 6.92 Å². The molecule has 0 unspecified atom stereocenters. The minimum atomic E-state index is -1.71. The third-order valence-electron chi connectivity index (χ3n) is 2.79. The van der Waals surface area contributed by atoms with Crippen LogP contribution < -0.4 is 0 Å². The topological polar surface area (TPSA) is 46.6 Å². The number of nitrogens with zero attached hydrogens (tertiary/aromatic N) is 1. The molecule has 0 aliphatic rings. The van der Waals surface area contributed by atoms with Crippen molar-refractivity contribution in [2.24, 2.45) is 0 Å². The molecule has 4 nitrogen and oxygen atoms in total. The molecule has 0 aliphatic carbocycles. The molecule has 1 amide bonds. The van der Waals surface area contributed by atoms with E-state index >= 15 is 0 Å². The van der Waals surface area contributed by atoms with Crippen LogP contribution in [0.25, 0.3) is 0 Å². The van der Waals surface area contributed by atoms with E-state index < -0.39 is 34.9 Å². The third-order valence-corrected chi connectivity index (χ3v) is 2.79. The van der Waals surface area contributed by atoms with E-state index in [4.69, 9.17) is 4.74 Å². The third kappa shape index (κ3) is 4.34. The summed E-state index contributed by atoms with van der Waals surface area (Å²) in [5, 5.41) is 0. The van der Waals surface area contributed by atoms with Gasteiger partial charge in [-0.25, -0.2) is 13.2 Å². The summed E-state index contributed by atoms with van der Waals surface area (Å²) < 4.78 is 44.5. The number of ether oxygens (including phenoxy) is 1. The summed E-state index contributed by atoms with van der Waals surface area (Å²) in [7, 11) is 0. The van der Waals surface area contributed by atoms with Crippen LogP contribution in [-0.4, -0.2) is 36.5 Å². The molecule has 0 atom stereocenters. The lowest BCUT2D eigenvalue weighted by atomic mass is 10.1. The highest BCUT2D eigenvalue weighted by molar-refractivity contribution is 5.94. The van der Waals surface area contributed by atoms with Crippen LogP contribution in [-0.2, 0) is 9.53 Å². The first-order valence-electron chi connectivity index (χ1n) is 6.61. The Kier molecular flexibility index (Phi) is 6.62. The highest BCUT2D eigenvalue weighted by Crippen LogP contribution is 2.17. The molecule has 0 N–H and O–H groups in total. The van der Waals surface area contributed by atoms with Gasteiger partial charge in [-0.3, -0.25) is 9.59 Å². The van der Waals surface area contributed by atoms with Crippen molar-refractivity contribution in [3.8, 4) is 0 Å². The van der Waals surface area contributed by atoms with Crippen molar-refractivity contribution >= 4 is 11.9 Å². The number of hydrogen-bond acceptors (Lipinski definition) is 3. The van der Waals surface area contributed by atoms with Gasteiger partial charge in [0.2, 0.25) is 0 Å². The lowest BCUT2D eigenvalue weighted by Crippen LogP contribution is -2.34. The number of carbonyl (C=O) groups excluding carboxylic acids is 2. The number of carbonyl (C=O) groups is 2. The summed E-state index contributed by atoms with van der Waals surface area (Å²) in [6, 6.07) is 1.53. The fourth-order valence-corrected chi connectivity index (χ4v) is 1.75. The van der Waals surface area contributed by atoms with Crippen molar-refractivity contribution in [2.75, 3.05) is 19.7 Å². The predicted octanol–water partition coefficient (Wildman–Crippen LogP) is 2.69. The highest BCUT2D eigenvalue weighted by atomic mass is 19.2. The highest BCUT2D eigenvalue weighted by Gasteiger charge is 2.23. The van der Waals surface area contributed by atoms with Crippen LogP contribution >= 0.6 is 0 Å². The monoisotopic (exact) mass is 315 g/mol. The maximum atomic E-state index is 13.7. The Morgan fingerprint density at radius 1 is 1.27 bits per heavy atom. The van der Waals surface area contributed by atoms with Crippen LogP contribution in [0.3, 0.4) is 0 Å². The second kappa shape index (κ2) is 8.21. The lowest BCUT2D eigenvalue weighted by Gasteiger charge is -2.21. The zero-order chi connectivity index (χ0) is 16.7. The molecule has 0 saturated heterocycles. The summed E-state index contributed by atoms with van der Waals surface area (Å²) >= 11 is 0. The number of rotatable bonds is 7. The van der Waals surface area contributed by atoms with Crippen LogP contribution in [0.4, 0.5) is 13.2 Å². The molecule has 0 heterocycles. The van der Waals surface area contributed by atoms with E-state index in [2.05, 4.69) is 6.58 Å². The van der Waals surface area contributed by atoms with E-state index in [0.717, 1.165) is 11.0 Å². The SMILES string of the molecule is C=CCN(CCC(=O)OCC)C(=O)c1ccc(F)c(F)c1F. The standard InChI is InChI=1S/C15H16F3NO3/c1-3-8-19(9-7-12(20)22-4-2)15(21)10-5-6-11(16)14(18)13(10)17/h3,5-6H,1,4,7-9H2,2H3. The number of benzene rings is 1. The Morgan fingerprint density at radius 2 is 1.95 bits per heavy atom. The van der Waals surface area contributed by atoms with Gasteiger partial charge in [0.05, 0.1) is 18.6 Å². The van der Waals surface area contributed by atoms with E-state index in [9.17, 15) is 22.8 Å². The first-order valence-corrected chi connectivity index (χ1v) is 6.61. The van der Waals surface area contributed by atoms with Crippen molar-refractivity contribution < 1.29 is 27.5 Å². The van der Waals surface area contributed by atoms with E-state index in [0.29, 0.717) is 6.07 Å². The minimum absolute atomic E-state index is 0.0245. The molecular formula is C15H16F3NO3. The molecule has 0 saturated carbocycles. The number of esters is 1. The normalized spacial score (nSPS) is 10.2. The fraction of sp³-hybridized carbons (Fsp3) is 0.333. The fourth-order valence-electron chi connectivity index (χ4n) is 1.75. The number of amides is 1. The van der Waals surface area contributed by atoms with Gasteiger partial charge in [0, 0.05) is 13.1 Å². The van der Waals surface area contributed by atoms with Gasteiger partial charge >= 0.3 is 5.97 Å². The van der Waals surface area contributed by atoms with Crippen LogP contribution in [0.1, 0.15) is 23.7 Å². The van der Waals surface area contributed by atoms with Gasteiger partial charge in [0.1, 0.15) is 0 Å². The summed E-state index contributed by atoms with van der Waals surface area (Å²) in [5.74, 6) is -6.03. The van der Waals surface area contributed by atoms with Gasteiger partial charge in [-0.2, -0.15) is 0 Å². The molecule has 0 aromatic heterocycles. The Bertz CT molecular complexity index is 575. The zero-order valence-electron chi connectivity index (χ0n) is 12.1. The summed E-state index contributed by atoms with van der Waals surface area (Å²) in [6.07, 6.45) is 1.28. The first kappa shape index (κ1) is 17.7. The van der Waals surface area contributed by atoms with Crippen molar-refractivity contribution in [1.29, 1.82) is 0 Å². The van der Waals surface area contributed by atoms with Crippen molar-refractivity contribution in [3.63, 3.8) is 0 Å². The molecule has 1 aromatic carbocycles. The maximum Gasteiger partial charge on any atom is 0.307 e. The molecule has 0 fully saturated rings. The minimum Gasteiger partial charge on any atom is -0.466 e. The summed E-state index contributed by atoms with van der Waals surface area (Å²) in [6.45, 7) is 5.27. The summed E-state index contributed by atoms with van der Waals surface area (Å²) in [5.41, 5.74) is -0.607. The van der Waals surface area contributed by atoms with Crippen LogP contribution in [0.15, 0.2) is 24.8 Å². The zero-order valence-corrected chi connectivity index (χ0v) is 12.1. The van der Waals surface area contributed by atoms with Crippen LogP contribution in [0.5, 0.6) is 0 Å². The molecule has 0 spiro atoms. The van der Waals surface area contributed by atoms with Gasteiger partial charge in [-0.15, -0.1) is 6.58 Å². The molecule has 1 rings (SSSR count). The molecule has 120 valence electrons. The second-order valence-electron chi connectivity index (χ2n) is 4.32. The lowest BCUT2D eigenvalue weighted by molar-refractivity contribution is -0.143. The Morgan fingerprint density at radius 3 is 2.55 bits per heavy atom. The van der Waals surface area contributed by atoms with Crippen molar-refractivity contribution in [1.82, 2.24) is 4.90 Å². The van der Waals surface area contributed by atoms with Crippen molar-refractivity contribution in [3.05, 3.63) is 47.8 Å². The average Bonchev–Trinajstić information content (AvgIpc) is 2.49. The Balaban J connectivity index is 2.91. The Labute approximate surface area is 126 Å². The van der Waals surface area contributed by atoms with Crippen LogP contribution in [0, 0.1) is 17.5 Å². The molecular weight excluding hydrogens is 299 g/mol. The van der Waals surface area contributed by atoms with Crippen LogP contribution in [0.2, 0.25) is 0 Å². The quantitative estimate of drug-likeness (QED) is 0.441. The van der Waals surface area contributed by atoms with E-state index in [1.165, 1.54) is 6.08 Å². The second-order valence-corrected chi connectivity index (χ2v) is 4.32. The predicted molar refractivity (Wildman–Crippen MR) is 73.7 cm³/mol. The van der Waals surface area contributed by atoms with E-state index in [-0.39, 0.29) is 26.1 Å². The Hall–Kier alpha value is -2.31. The first-order chi connectivity index (χ1) is 10.4.